The lowest BCUT2D eigenvalue weighted by atomic mass is 10.3. The number of anilines is 1. The minimum Gasteiger partial charge on any atom is -0.495 e. The third kappa shape index (κ3) is 2.48. The summed E-state index contributed by atoms with van der Waals surface area (Å²) in [5.74, 6) is 1.14. The summed E-state index contributed by atoms with van der Waals surface area (Å²) in [7, 11) is 1.56. The van der Waals surface area contributed by atoms with Gasteiger partial charge in [-0.15, -0.1) is 5.10 Å². The van der Waals surface area contributed by atoms with Crippen molar-refractivity contribution < 1.29 is 9.47 Å². The summed E-state index contributed by atoms with van der Waals surface area (Å²) in [5, 5.41) is 7.79. The molecule has 94 valence electrons. The second kappa shape index (κ2) is 4.87. The Bertz CT molecular complexity index is 572. The van der Waals surface area contributed by atoms with Gasteiger partial charge in [-0.1, -0.05) is 5.10 Å². The monoisotopic (exact) mass is 246 g/mol. The molecule has 0 fully saturated rings. The number of nitrogen functional groups attached to an aromatic ring is 1. The number of ether oxygens (including phenoxy) is 2. The number of methoxy groups -OCH3 is 1. The van der Waals surface area contributed by atoms with Crippen molar-refractivity contribution in [3.05, 3.63) is 29.6 Å². The van der Waals surface area contributed by atoms with E-state index in [4.69, 9.17) is 15.2 Å². The predicted octanol–water partition coefficient (Wildman–Crippen LogP) is 1.87. The number of nitrogens with two attached hydrogens (primary N) is 1. The zero-order valence-corrected chi connectivity index (χ0v) is 10.5. The molecule has 6 heteroatoms. The first-order valence-corrected chi connectivity index (χ1v) is 5.39. The highest BCUT2D eigenvalue weighted by atomic mass is 16.5. The van der Waals surface area contributed by atoms with Crippen LogP contribution in [0.15, 0.2) is 18.2 Å². The Labute approximate surface area is 105 Å². The summed E-state index contributed by atoms with van der Waals surface area (Å²) in [6, 6.07) is 5.30. The standard InChI is InChI=1S/C12H14N4O2/c1-7-8(2)15-16-12(14-7)18-9-4-5-11(17-3)10(13)6-9/h4-6H,13H2,1-3H3. The molecule has 0 aliphatic heterocycles. The average molecular weight is 246 g/mol. The van der Waals surface area contributed by atoms with Crippen LogP contribution in [0.3, 0.4) is 0 Å². The Morgan fingerprint density at radius 2 is 1.89 bits per heavy atom. The number of benzene rings is 1. The zero-order chi connectivity index (χ0) is 13.1. The van der Waals surface area contributed by atoms with Gasteiger partial charge in [0.15, 0.2) is 0 Å². The number of nitrogens with zero attached hydrogens (tertiary/aromatic N) is 3. The number of aryl methyl sites for hydroxylation is 2. The Hall–Kier alpha value is -2.37. The van der Waals surface area contributed by atoms with Gasteiger partial charge in [0.25, 0.3) is 0 Å². The number of aromatic nitrogens is 3. The van der Waals surface area contributed by atoms with Crippen LogP contribution >= 0.6 is 0 Å². The minimum absolute atomic E-state index is 0.197. The summed E-state index contributed by atoms with van der Waals surface area (Å²) in [6.07, 6.45) is 0. The van der Waals surface area contributed by atoms with Crippen LogP contribution in [0.1, 0.15) is 11.4 Å². The summed E-state index contributed by atoms with van der Waals surface area (Å²) in [4.78, 5) is 4.17. The highest BCUT2D eigenvalue weighted by molar-refractivity contribution is 5.56. The Morgan fingerprint density at radius 1 is 1.11 bits per heavy atom. The molecule has 0 unspecified atom stereocenters. The molecule has 6 nitrogen and oxygen atoms in total. The number of rotatable bonds is 3. The van der Waals surface area contributed by atoms with Gasteiger partial charge in [-0.2, -0.15) is 4.98 Å². The van der Waals surface area contributed by atoms with E-state index in [0.717, 1.165) is 11.4 Å². The van der Waals surface area contributed by atoms with Gasteiger partial charge in [-0.05, 0) is 26.0 Å². The highest BCUT2D eigenvalue weighted by Gasteiger charge is 2.06. The van der Waals surface area contributed by atoms with Crippen molar-refractivity contribution in [2.75, 3.05) is 12.8 Å². The lowest BCUT2D eigenvalue weighted by Crippen LogP contribution is -2.00. The van der Waals surface area contributed by atoms with Crippen molar-refractivity contribution >= 4 is 5.69 Å². The molecule has 2 rings (SSSR count). The van der Waals surface area contributed by atoms with E-state index in [2.05, 4.69) is 15.2 Å². The van der Waals surface area contributed by atoms with Crippen LogP contribution in [0.4, 0.5) is 5.69 Å². The van der Waals surface area contributed by atoms with E-state index in [1.54, 1.807) is 25.3 Å². The molecule has 0 saturated carbocycles. The van der Waals surface area contributed by atoms with E-state index in [-0.39, 0.29) is 6.01 Å². The van der Waals surface area contributed by atoms with Crippen LogP contribution in [0, 0.1) is 13.8 Å². The second-order valence-corrected chi connectivity index (χ2v) is 3.77. The maximum absolute atomic E-state index is 5.78. The van der Waals surface area contributed by atoms with Crippen molar-refractivity contribution in [2.24, 2.45) is 0 Å². The van der Waals surface area contributed by atoms with Crippen LogP contribution in [-0.4, -0.2) is 22.3 Å². The molecule has 18 heavy (non-hydrogen) atoms. The molecule has 0 aliphatic carbocycles. The molecule has 1 heterocycles. The van der Waals surface area contributed by atoms with E-state index in [0.29, 0.717) is 17.2 Å². The number of hydrogen-bond donors (Lipinski definition) is 1. The zero-order valence-electron chi connectivity index (χ0n) is 10.5. The Balaban J connectivity index is 2.23. The summed E-state index contributed by atoms with van der Waals surface area (Å²) in [5.41, 5.74) is 7.82. The number of hydrogen-bond acceptors (Lipinski definition) is 6. The van der Waals surface area contributed by atoms with Crippen molar-refractivity contribution in [3.8, 4) is 17.5 Å². The van der Waals surface area contributed by atoms with Gasteiger partial charge in [0.2, 0.25) is 0 Å². The normalized spacial score (nSPS) is 10.2. The molecule has 2 aromatic rings. The van der Waals surface area contributed by atoms with Crippen molar-refractivity contribution in [3.63, 3.8) is 0 Å². The van der Waals surface area contributed by atoms with Crippen LogP contribution < -0.4 is 15.2 Å². The molecule has 0 aliphatic rings. The maximum atomic E-state index is 5.78. The SMILES string of the molecule is COc1ccc(Oc2nnc(C)c(C)n2)cc1N. The van der Waals surface area contributed by atoms with E-state index >= 15 is 0 Å². The van der Waals surface area contributed by atoms with Crippen LogP contribution in [0.25, 0.3) is 0 Å². The van der Waals surface area contributed by atoms with E-state index < -0.39 is 0 Å². The third-order valence-electron chi connectivity index (χ3n) is 2.48. The van der Waals surface area contributed by atoms with Gasteiger partial charge in [0, 0.05) is 6.07 Å². The molecule has 0 amide bonds. The summed E-state index contributed by atoms with van der Waals surface area (Å²) < 4.78 is 10.5. The molecule has 1 aromatic heterocycles. The molecular weight excluding hydrogens is 232 g/mol. The molecule has 0 spiro atoms. The largest absolute Gasteiger partial charge is 0.495 e. The molecule has 1 aromatic carbocycles. The van der Waals surface area contributed by atoms with Crippen LogP contribution in [-0.2, 0) is 0 Å². The first-order chi connectivity index (χ1) is 8.60. The first kappa shape index (κ1) is 12.1. The first-order valence-electron chi connectivity index (χ1n) is 5.39. The molecule has 0 bridgehead atoms. The fourth-order valence-corrected chi connectivity index (χ4v) is 1.36. The fraction of sp³-hybridized carbons (Fsp3) is 0.250. The summed E-state index contributed by atoms with van der Waals surface area (Å²) in [6.45, 7) is 3.68. The molecule has 2 N–H and O–H groups in total. The van der Waals surface area contributed by atoms with Gasteiger partial charge in [0.05, 0.1) is 24.2 Å². The third-order valence-corrected chi connectivity index (χ3v) is 2.48. The quantitative estimate of drug-likeness (QED) is 0.832. The lowest BCUT2D eigenvalue weighted by Gasteiger charge is -2.08. The van der Waals surface area contributed by atoms with E-state index in [1.807, 2.05) is 13.8 Å². The smallest absolute Gasteiger partial charge is 0.341 e. The van der Waals surface area contributed by atoms with Gasteiger partial charge in [0.1, 0.15) is 11.5 Å². The molecule has 0 saturated heterocycles. The molecule has 0 radical (unpaired) electrons. The van der Waals surface area contributed by atoms with Gasteiger partial charge < -0.3 is 15.2 Å². The van der Waals surface area contributed by atoms with Gasteiger partial charge in [-0.3, -0.25) is 0 Å². The van der Waals surface area contributed by atoms with Crippen LogP contribution in [0.5, 0.6) is 17.5 Å². The molecule has 0 atom stereocenters. The van der Waals surface area contributed by atoms with E-state index in [9.17, 15) is 0 Å². The maximum Gasteiger partial charge on any atom is 0.341 e. The van der Waals surface area contributed by atoms with Crippen molar-refractivity contribution in [2.45, 2.75) is 13.8 Å². The summed E-state index contributed by atoms with van der Waals surface area (Å²) >= 11 is 0. The van der Waals surface area contributed by atoms with Crippen molar-refractivity contribution in [1.29, 1.82) is 0 Å². The Kier molecular flexibility index (Phi) is 3.27. The Morgan fingerprint density at radius 3 is 2.50 bits per heavy atom. The highest BCUT2D eigenvalue weighted by Crippen LogP contribution is 2.27. The second-order valence-electron chi connectivity index (χ2n) is 3.77. The van der Waals surface area contributed by atoms with Crippen molar-refractivity contribution in [1.82, 2.24) is 15.2 Å². The van der Waals surface area contributed by atoms with Gasteiger partial charge in [-0.25, -0.2) is 0 Å². The average Bonchev–Trinajstić information content (AvgIpc) is 2.34. The molecular formula is C12H14N4O2. The lowest BCUT2D eigenvalue weighted by molar-refractivity contribution is 0.411. The minimum atomic E-state index is 0.197. The predicted molar refractivity (Wildman–Crippen MR) is 66.8 cm³/mol. The van der Waals surface area contributed by atoms with E-state index in [1.165, 1.54) is 0 Å². The fourth-order valence-electron chi connectivity index (χ4n) is 1.36. The van der Waals surface area contributed by atoms with Crippen LogP contribution in [0.2, 0.25) is 0 Å². The topological polar surface area (TPSA) is 83.2 Å². The van der Waals surface area contributed by atoms with Gasteiger partial charge >= 0.3 is 6.01 Å².